The zero-order valence-electron chi connectivity index (χ0n) is 20.1. The molecule has 3 aromatic rings. The van der Waals surface area contributed by atoms with E-state index >= 15 is 0 Å². The average Bonchev–Trinajstić information content (AvgIpc) is 3.63. The molecular weight excluding hydrogens is 472 g/mol. The number of ketones is 1. The van der Waals surface area contributed by atoms with Crippen LogP contribution in [0.25, 0.3) is 0 Å². The summed E-state index contributed by atoms with van der Waals surface area (Å²) >= 11 is 6.12. The molecule has 0 N–H and O–H groups in total. The molecule has 0 radical (unpaired) electrons. The average molecular weight is 501 g/mol. The smallest absolute Gasteiger partial charge is 0.168 e. The number of halogens is 1. The Morgan fingerprint density at radius 1 is 0.829 bits per heavy atom. The molecule has 2 heterocycles. The van der Waals surface area contributed by atoms with Gasteiger partial charge in [0.2, 0.25) is 0 Å². The Bertz CT molecular complexity index is 1360. The second kappa shape index (κ2) is 8.01. The highest BCUT2D eigenvalue weighted by molar-refractivity contribution is 7.89. The van der Waals surface area contributed by atoms with Crippen molar-refractivity contribution in [2.75, 3.05) is 0 Å². The first kappa shape index (κ1) is 22.9. The molecule has 0 amide bonds. The molecule has 2 fully saturated rings. The third kappa shape index (κ3) is 3.14. The maximum atomic E-state index is 14.6. The number of rotatable bonds is 6. The van der Waals surface area contributed by atoms with Crippen LogP contribution in [0.4, 0.5) is 0 Å². The summed E-state index contributed by atoms with van der Waals surface area (Å²) in [5.74, 6) is -0.177. The topological polar surface area (TPSA) is 34.1 Å². The molecule has 4 heteroatoms. The minimum Gasteiger partial charge on any atom is -0.294 e. The number of benzene rings is 3. The van der Waals surface area contributed by atoms with Crippen molar-refractivity contribution < 1.29 is 9.00 Å². The third-order valence-corrected chi connectivity index (χ3v) is 11.9. The second-order valence-corrected chi connectivity index (χ2v) is 13.3. The van der Waals surface area contributed by atoms with Gasteiger partial charge in [0, 0.05) is 26.8 Å². The van der Waals surface area contributed by atoms with E-state index in [0.29, 0.717) is 10.6 Å². The summed E-state index contributed by atoms with van der Waals surface area (Å²) in [6.45, 7) is 4.31. The van der Waals surface area contributed by atoms with Crippen molar-refractivity contribution in [2.24, 2.45) is 11.3 Å². The van der Waals surface area contributed by atoms with E-state index in [1.54, 1.807) is 12.1 Å². The van der Waals surface area contributed by atoms with Crippen LogP contribution in [0.5, 0.6) is 0 Å². The summed E-state index contributed by atoms with van der Waals surface area (Å²) in [6, 6.07) is 28.1. The highest BCUT2D eigenvalue weighted by Gasteiger charge is 2.82. The first-order chi connectivity index (χ1) is 16.8. The maximum Gasteiger partial charge on any atom is 0.168 e. The van der Waals surface area contributed by atoms with Gasteiger partial charge in [-0.1, -0.05) is 72.3 Å². The van der Waals surface area contributed by atoms with Crippen LogP contribution in [0.2, 0.25) is 5.02 Å². The Hall–Kier alpha value is -2.49. The summed E-state index contributed by atoms with van der Waals surface area (Å²) < 4.78 is 13.4. The first-order valence-corrected chi connectivity index (χ1v) is 13.9. The fourth-order valence-corrected chi connectivity index (χ4v) is 10.2. The predicted octanol–water partition coefficient (Wildman–Crippen LogP) is 6.99. The molecule has 1 aliphatic carbocycles. The largest absolute Gasteiger partial charge is 0.294 e. The molecule has 2 nitrogen and oxygen atoms in total. The first-order valence-electron chi connectivity index (χ1n) is 12.3. The maximum absolute atomic E-state index is 14.6. The van der Waals surface area contributed by atoms with Crippen LogP contribution in [-0.2, 0) is 23.6 Å². The van der Waals surface area contributed by atoms with Gasteiger partial charge in [0.25, 0.3) is 0 Å². The molecule has 35 heavy (non-hydrogen) atoms. The Balaban J connectivity index is 1.54. The molecule has 178 valence electrons. The molecule has 6 rings (SSSR count). The van der Waals surface area contributed by atoms with Crippen molar-refractivity contribution in [1.82, 2.24) is 0 Å². The standard InChI is InChI=1S/C31H29ClO2S/c1-29-25(19-21-9-5-3-6-10-21)26(20-22-11-7-4-8-12-22)30(2,35(29)34)31(17-18-31)28(29)27(33)23-13-15-24(32)16-14-23/h3-16,28H,17-20H2,1-2H3/t28?,29?,30-,35?/m1/s1. The third-order valence-electron chi connectivity index (χ3n) is 8.98. The molecule has 1 spiro atoms. The van der Waals surface area contributed by atoms with E-state index in [-0.39, 0.29) is 17.1 Å². The van der Waals surface area contributed by atoms with Gasteiger partial charge in [0.15, 0.2) is 5.78 Å². The van der Waals surface area contributed by atoms with Gasteiger partial charge in [-0.25, -0.2) is 0 Å². The molecule has 3 aliphatic rings. The van der Waals surface area contributed by atoms with E-state index in [1.165, 1.54) is 22.3 Å². The summed E-state index contributed by atoms with van der Waals surface area (Å²) in [4.78, 5) is 14.2. The van der Waals surface area contributed by atoms with E-state index < -0.39 is 20.3 Å². The lowest BCUT2D eigenvalue weighted by atomic mass is 9.59. The zero-order chi connectivity index (χ0) is 24.4. The quantitative estimate of drug-likeness (QED) is 0.270. The van der Waals surface area contributed by atoms with Crippen molar-refractivity contribution >= 4 is 28.2 Å². The van der Waals surface area contributed by atoms with Crippen molar-refractivity contribution in [3.05, 3.63) is 118 Å². The van der Waals surface area contributed by atoms with Gasteiger partial charge < -0.3 is 0 Å². The molecule has 2 bridgehead atoms. The molecule has 3 aromatic carbocycles. The van der Waals surface area contributed by atoms with Gasteiger partial charge in [-0.05, 0) is 86.1 Å². The zero-order valence-corrected chi connectivity index (χ0v) is 21.7. The molecule has 3 unspecified atom stereocenters. The predicted molar refractivity (Wildman–Crippen MR) is 143 cm³/mol. The Kier molecular flexibility index (Phi) is 5.25. The van der Waals surface area contributed by atoms with Gasteiger partial charge in [-0.2, -0.15) is 0 Å². The molecule has 1 saturated heterocycles. The highest BCUT2D eigenvalue weighted by Crippen LogP contribution is 2.78. The van der Waals surface area contributed by atoms with Gasteiger partial charge >= 0.3 is 0 Å². The number of carbonyl (C=O) groups excluding carboxylic acids is 1. The van der Waals surface area contributed by atoms with Gasteiger partial charge in [0.05, 0.1) is 15.4 Å². The molecule has 0 aromatic heterocycles. The van der Waals surface area contributed by atoms with E-state index in [9.17, 15) is 9.00 Å². The van der Waals surface area contributed by atoms with Gasteiger partial charge in [-0.15, -0.1) is 0 Å². The Morgan fingerprint density at radius 3 is 1.86 bits per heavy atom. The number of Topliss-reactive ketones (excluding diaryl/α,β-unsaturated/α-hetero) is 1. The summed E-state index contributed by atoms with van der Waals surface area (Å²) in [5.41, 5.74) is 5.37. The van der Waals surface area contributed by atoms with Gasteiger partial charge in [0.1, 0.15) is 0 Å². The monoisotopic (exact) mass is 500 g/mol. The lowest BCUT2D eigenvalue weighted by Crippen LogP contribution is -2.47. The SMILES string of the molecule is CC12C(Cc3ccccc3)=C(Cc3ccccc3)[C@@](C)(S1=O)C1(CC1)C2C(=O)c1ccc(Cl)cc1. The van der Waals surface area contributed by atoms with Crippen molar-refractivity contribution in [2.45, 2.75) is 49.0 Å². The second-order valence-electron chi connectivity index (χ2n) is 10.7. The van der Waals surface area contributed by atoms with Crippen LogP contribution < -0.4 is 0 Å². The van der Waals surface area contributed by atoms with Crippen LogP contribution in [-0.4, -0.2) is 19.5 Å². The number of hydrogen-bond acceptors (Lipinski definition) is 2. The minimum absolute atomic E-state index is 0.114. The molecule has 2 aliphatic heterocycles. The molecule has 1 saturated carbocycles. The summed E-state index contributed by atoms with van der Waals surface area (Å²) in [7, 11) is -1.20. The molecular formula is C31H29ClO2S. The van der Waals surface area contributed by atoms with E-state index in [4.69, 9.17) is 11.6 Å². The van der Waals surface area contributed by atoms with Crippen LogP contribution in [0.15, 0.2) is 96.1 Å². The Morgan fingerprint density at radius 2 is 1.34 bits per heavy atom. The molecule has 4 atom stereocenters. The number of carbonyl (C=O) groups is 1. The van der Waals surface area contributed by atoms with Crippen LogP contribution >= 0.6 is 11.6 Å². The van der Waals surface area contributed by atoms with Crippen LogP contribution in [0, 0.1) is 11.3 Å². The highest BCUT2D eigenvalue weighted by atomic mass is 35.5. The minimum atomic E-state index is -1.20. The Labute approximate surface area is 214 Å². The lowest BCUT2D eigenvalue weighted by molar-refractivity contribution is 0.0814. The fourth-order valence-electron chi connectivity index (χ4n) is 7.14. The van der Waals surface area contributed by atoms with Crippen LogP contribution in [0.3, 0.4) is 0 Å². The van der Waals surface area contributed by atoms with Gasteiger partial charge in [-0.3, -0.25) is 9.00 Å². The van der Waals surface area contributed by atoms with Crippen molar-refractivity contribution in [1.29, 1.82) is 0 Å². The van der Waals surface area contributed by atoms with Crippen LogP contribution in [0.1, 0.15) is 48.2 Å². The van der Waals surface area contributed by atoms with Crippen molar-refractivity contribution in [3.8, 4) is 0 Å². The van der Waals surface area contributed by atoms with E-state index in [2.05, 4.69) is 62.4 Å². The lowest BCUT2D eigenvalue weighted by Gasteiger charge is -2.41. The summed E-state index contributed by atoms with van der Waals surface area (Å²) in [6.07, 6.45) is 3.41. The summed E-state index contributed by atoms with van der Waals surface area (Å²) in [5, 5.41) is 0.618. The fraction of sp³-hybridized carbons (Fsp3) is 0.323. The van der Waals surface area contributed by atoms with E-state index in [1.807, 2.05) is 24.3 Å². The number of fused-ring (bicyclic) bond motifs is 3. The van der Waals surface area contributed by atoms with Crippen molar-refractivity contribution in [3.63, 3.8) is 0 Å². The van der Waals surface area contributed by atoms with E-state index in [0.717, 1.165) is 25.7 Å². The number of hydrogen-bond donors (Lipinski definition) is 0. The normalized spacial score (nSPS) is 30.1.